The second kappa shape index (κ2) is 7.81. The fourth-order valence-electron chi connectivity index (χ4n) is 3.22. The lowest BCUT2D eigenvalue weighted by atomic mass is 10.0. The molecule has 0 bridgehead atoms. The van der Waals surface area contributed by atoms with E-state index in [1.54, 1.807) is 0 Å². The molecule has 1 saturated heterocycles. The summed E-state index contributed by atoms with van der Waals surface area (Å²) in [5.74, 6) is 1.06. The minimum atomic E-state index is 0.203. The van der Waals surface area contributed by atoms with Crippen molar-refractivity contribution in [1.82, 2.24) is 4.90 Å². The summed E-state index contributed by atoms with van der Waals surface area (Å²) < 4.78 is 6.06. The Kier molecular flexibility index (Phi) is 6.07. The second-order valence-electron chi connectivity index (χ2n) is 6.49. The van der Waals surface area contributed by atoms with Crippen LogP contribution in [-0.4, -0.2) is 37.2 Å². The van der Waals surface area contributed by atoms with Crippen molar-refractivity contribution >= 4 is 0 Å². The molecule has 0 amide bonds. The van der Waals surface area contributed by atoms with Crippen LogP contribution in [0.25, 0.3) is 0 Å². The summed E-state index contributed by atoms with van der Waals surface area (Å²) in [6.45, 7) is 10.6. The predicted octanol–water partition coefficient (Wildman–Crippen LogP) is 3.06. The topological polar surface area (TPSA) is 38.5 Å². The van der Waals surface area contributed by atoms with Gasteiger partial charge in [-0.1, -0.05) is 18.6 Å². The molecule has 0 aromatic heterocycles. The standard InChI is InChI=1S/C18H30N2O/c1-14-11-17(13-16(3)19)12-15(2)18(14)21-10-9-20-7-5-4-6-8-20/h11-12,16H,4-10,13,19H2,1-3H3. The Labute approximate surface area is 129 Å². The van der Waals surface area contributed by atoms with E-state index < -0.39 is 0 Å². The molecule has 2 rings (SSSR count). The van der Waals surface area contributed by atoms with E-state index in [-0.39, 0.29) is 6.04 Å². The van der Waals surface area contributed by atoms with Gasteiger partial charge in [-0.25, -0.2) is 0 Å². The van der Waals surface area contributed by atoms with Crippen LogP contribution in [0.4, 0.5) is 0 Å². The van der Waals surface area contributed by atoms with Gasteiger partial charge in [0.1, 0.15) is 12.4 Å². The van der Waals surface area contributed by atoms with Crippen molar-refractivity contribution in [3.05, 3.63) is 28.8 Å². The molecule has 1 unspecified atom stereocenters. The number of aryl methyl sites for hydroxylation is 2. The molecule has 0 spiro atoms. The number of hydrogen-bond donors (Lipinski definition) is 1. The van der Waals surface area contributed by atoms with Gasteiger partial charge in [0.25, 0.3) is 0 Å². The Balaban J connectivity index is 1.90. The molecule has 3 heteroatoms. The van der Waals surface area contributed by atoms with E-state index in [0.29, 0.717) is 0 Å². The fourth-order valence-corrected chi connectivity index (χ4v) is 3.22. The van der Waals surface area contributed by atoms with Crippen LogP contribution >= 0.6 is 0 Å². The Bertz CT molecular complexity index is 428. The summed E-state index contributed by atoms with van der Waals surface area (Å²) in [6.07, 6.45) is 4.99. The lowest BCUT2D eigenvalue weighted by molar-refractivity contribution is 0.182. The fraction of sp³-hybridized carbons (Fsp3) is 0.667. The average molecular weight is 290 g/mol. The van der Waals surface area contributed by atoms with Gasteiger partial charge in [0.05, 0.1) is 0 Å². The predicted molar refractivity (Wildman–Crippen MR) is 89.1 cm³/mol. The molecule has 0 radical (unpaired) electrons. The summed E-state index contributed by atoms with van der Waals surface area (Å²) in [5.41, 5.74) is 9.65. The highest BCUT2D eigenvalue weighted by Crippen LogP contribution is 2.25. The lowest BCUT2D eigenvalue weighted by Gasteiger charge is -2.26. The van der Waals surface area contributed by atoms with Crippen LogP contribution in [0.15, 0.2) is 12.1 Å². The van der Waals surface area contributed by atoms with Crippen LogP contribution in [0, 0.1) is 13.8 Å². The first-order chi connectivity index (χ1) is 10.1. The third-order valence-electron chi connectivity index (χ3n) is 4.18. The average Bonchev–Trinajstić information content (AvgIpc) is 2.42. The normalized spacial score (nSPS) is 17.7. The Hall–Kier alpha value is -1.06. The molecule has 2 N–H and O–H groups in total. The molecular formula is C18H30N2O. The number of likely N-dealkylation sites (tertiary alicyclic amines) is 1. The third kappa shape index (κ3) is 5.01. The van der Waals surface area contributed by atoms with Crippen molar-refractivity contribution in [2.45, 2.75) is 52.5 Å². The van der Waals surface area contributed by atoms with E-state index in [2.05, 4.69) is 30.9 Å². The minimum Gasteiger partial charge on any atom is -0.492 e. The first kappa shape index (κ1) is 16.3. The summed E-state index contributed by atoms with van der Waals surface area (Å²) in [5, 5.41) is 0. The van der Waals surface area contributed by atoms with Crippen LogP contribution < -0.4 is 10.5 Å². The first-order valence-electron chi connectivity index (χ1n) is 8.27. The number of hydrogen-bond acceptors (Lipinski definition) is 3. The number of rotatable bonds is 6. The molecule has 1 aliphatic rings. The van der Waals surface area contributed by atoms with Gasteiger partial charge in [0.15, 0.2) is 0 Å². The van der Waals surface area contributed by atoms with Crippen molar-refractivity contribution in [3.8, 4) is 5.75 Å². The van der Waals surface area contributed by atoms with Gasteiger partial charge in [-0.2, -0.15) is 0 Å². The van der Waals surface area contributed by atoms with Gasteiger partial charge in [0.2, 0.25) is 0 Å². The summed E-state index contributed by atoms with van der Waals surface area (Å²) in [4.78, 5) is 2.51. The highest BCUT2D eigenvalue weighted by Gasteiger charge is 2.11. The zero-order valence-corrected chi connectivity index (χ0v) is 13.8. The molecule has 1 heterocycles. The monoisotopic (exact) mass is 290 g/mol. The number of piperidine rings is 1. The molecular weight excluding hydrogens is 260 g/mol. The number of ether oxygens (including phenoxy) is 1. The SMILES string of the molecule is Cc1cc(CC(C)N)cc(C)c1OCCN1CCCCC1. The van der Waals surface area contributed by atoms with Crippen molar-refractivity contribution in [3.63, 3.8) is 0 Å². The summed E-state index contributed by atoms with van der Waals surface area (Å²) in [6, 6.07) is 4.63. The maximum absolute atomic E-state index is 6.06. The first-order valence-corrected chi connectivity index (χ1v) is 8.27. The van der Waals surface area contributed by atoms with Crippen molar-refractivity contribution in [2.24, 2.45) is 5.73 Å². The van der Waals surface area contributed by atoms with Crippen LogP contribution in [0.2, 0.25) is 0 Å². The third-order valence-corrected chi connectivity index (χ3v) is 4.18. The van der Waals surface area contributed by atoms with Crippen molar-refractivity contribution in [1.29, 1.82) is 0 Å². The highest BCUT2D eigenvalue weighted by atomic mass is 16.5. The van der Waals surface area contributed by atoms with E-state index in [4.69, 9.17) is 10.5 Å². The van der Waals surface area contributed by atoms with Gasteiger partial charge >= 0.3 is 0 Å². The van der Waals surface area contributed by atoms with Gasteiger partial charge in [0, 0.05) is 12.6 Å². The number of nitrogens with two attached hydrogens (primary N) is 1. The summed E-state index contributed by atoms with van der Waals surface area (Å²) >= 11 is 0. The van der Waals surface area contributed by atoms with Crippen molar-refractivity contribution in [2.75, 3.05) is 26.2 Å². The van der Waals surface area contributed by atoms with E-state index in [9.17, 15) is 0 Å². The molecule has 0 saturated carbocycles. The molecule has 1 fully saturated rings. The number of nitrogens with zero attached hydrogens (tertiary/aromatic N) is 1. The van der Waals surface area contributed by atoms with Crippen LogP contribution in [0.3, 0.4) is 0 Å². The molecule has 1 aromatic rings. The van der Waals surface area contributed by atoms with Gasteiger partial charge < -0.3 is 10.5 Å². The van der Waals surface area contributed by atoms with Crippen molar-refractivity contribution < 1.29 is 4.74 Å². The lowest BCUT2D eigenvalue weighted by Crippen LogP contribution is -2.33. The van der Waals surface area contributed by atoms with E-state index in [1.165, 1.54) is 49.0 Å². The Morgan fingerprint density at radius 2 is 1.76 bits per heavy atom. The smallest absolute Gasteiger partial charge is 0.125 e. The molecule has 118 valence electrons. The van der Waals surface area contributed by atoms with Crippen LogP contribution in [0.5, 0.6) is 5.75 Å². The van der Waals surface area contributed by atoms with Crippen LogP contribution in [0.1, 0.15) is 42.9 Å². The largest absolute Gasteiger partial charge is 0.492 e. The van der Waals surface area contributed by atoms with Gasteiger partial charge in [-0.3, -0.25) is 4.90 Å². The maximum Gasteiger partial charge on any atom is 0.125 e. The van der Waals surface area contributed by atoms with E-state index in [0.717, 1.165) is 25.3 Å². The molecule has 1 atom stereocenters. The van der Waals surface area contributed by atoms with Gasteiger partial charge in [-0.15, -0.1) is 0 Å². The maximum atomic E-state index is 6.06. The molecule has 21 heavy (non-hydrogen) atoms. The zero-order valence-electron chi connectivity index (χ0n) is 13.8. The quantitative estimate of drug-likeness (QED) is 0.875. The highest BCUT2D eigenvalue weighted by molar-refractivity contribution is 5.43. The molecule has 3 nitrogen and oxygen atoms in total. The summed E-state index contributed by atoms with van der Waals surface area (Å²) in [7, 11) is 0. The Morgan fingerprint density at radius 3 is 2.33 bits per heavy atom. The molecule has 1 aliphatic heterocycles. The van der Waals surface area contributed by atoms with E-state index in [1.807, 2.05) is 6.92 Å². The molecule has 1 aromatic carbocycles. The second-order valence-corrected chi connectivity index (χ2v) is 6.49. The molecule has 0 aliphatic carbocycles. The minimum absolute atomic E-state index is 0.203. The van der Waals surface area contributed by atoms with Gasteiger partial charge in [-0.05, 0) is 69.8 Å². The van der Waals surface area contributed by atoms with Crippen LogP contribution in [-0.2, 0) is 6.42 Å². The number of benzene rings is 1. The van der Waals surface area contributed by atoms with E-state index >= 15 is 0 Å². The Morgan fingerprint density at radius 1 is 1.14 bits per heavy atom. The zero-order chi connectivity index (χ0) is 15.2.